The summed E-state index contributed by atoms with van der Waals surface area (Å²) < 4.78 is 37.2. The molecule has 122 valence electrons. The number of amides is 1. The molecule has 4 nitrogen and oxygen atoms in total. The summed E-state index contributed by atoms with van der Waals surface area (Å²) in [6.07, 6.45) is -1.76. The van der Waals surface area contributed by atoms with Crippen molar-refractivity contribution >= 4 is 23.0 Å². The van der Waals surface area contributed by atoms with Crippen LogP contribution in [0.25, 0.3) is 0 Å². The average molecular weight is 342 g/mol. The Hall–Kier alpha value is -2.22. The molecular formula is C15H13F3N2O2S. The van der Waals surface area contributed by atoms with Gasteiger partial charge in [-0.3, -0.25) is 14.6 Å². The molecule has 0 bridgehead atoms. The first-order valence-electron chi connectivity index (χ1n) is 6.60. The van der Waals surface area contributed by atoms with E-state index in [0.29, 0.717) is 11.3 Å². The van der Waals surface area contributed by atoms with Crippen molar-refractivity contribution in [3.63, 3.8) is 0 Å². The van der Waals surface area contributed by atoms with Gasteiger partial charge in [-0.2, -0.15) is 13.2 Å². The van der Waals surface area contributed by atoms with E-state index in [4.69, 9.17) is 0 Å². The fourth-order valence-corrected chi connectivity index (χ4v) is 2.88. The van der Waals surface area contributed by atoms with Crippen LogP contribution in [0.4, 0.5) is 13.2 Å². The van der Waals surface area contributed by atoms with Crippen LogP contribution in [0.3, 0.4) is 0 Å². The van der Waals surface area contributed by atoms with E-state index >= 15 is 0 Å². The van der Waals surface area contributed by atoms with Gasteiger partial charge in [0.25, 0.3) is 11.7 Å². The van der Waals surface area contributed by atoms with E-state index in [9.17, 15) is 22.8 Å². The number of hydrogen-bond donors (Lipinski definition) is 0. The predicted octanol–water partition coefficient (Wildman–Crippen LogP) is 3.72. The van der Waals surface area contributed by atoms with Crippen LogP contribution in [0.15, 0.2) is 36.7 Å². The van der Waals surface area contributed by atoms with Crippen molar-refractivity contribution in [2.75, 3.05) is 7.05 Å². The summed E-state index contributed by atoms with van der Waals surface area (Å²) in [5, 5.41) is 0. The number of Topliss-reactive ketones (excluding diaryl/α,β-unsaturated/α-hetero) is 1. The zero-order valence-electron chi connectivity index (χ0n) is 12.3. The van der Waals surface area contributed by atoms with Crippen molar-refractivity contribution in [1.82, 2.24) is 9.88 Å². The number of thiophene rings is 1. The fraction of sp³-hybridized carbons (Fsp3) is 0.267. The number of halogens is 3. The smallest absolute Gasteiger partial charge is 0.334 e. The number of nitrogens with zero attached hydrogens (tertiary/aromatic N) is 2. The molecule has 2 heterocycles. The molecule has 0 fully saturated rings. The summed E-state index contributed by atoms with van der Waals surface area (Å²) in [6, 6.07) is 5.48. The second kappa shape index (κ2) is 6.49. The van der Waals surface area contributed by atoms with Gasteiger partial charge in [0.15, 0.2) is 0 Å². The molecule has 0 aliphatic heterocycles. The third-order valence-electron chi connectivity index (χ3n) is 3.39. The molecule has 0 aliphatic carbocycles. The largest absolute Gasteiger partial charge is 0.455 e. The highest BCUT2D eigenvalue weighted by Gasteiger charge is 2.40. The zero-order valence-corrected chi connectivity index (χ0v) is 13.1. The van der Waals surface area contributed by atoms with Gasteiger partial charge in [0, 0.05) is 19.4 Å². The van der Waals surface area contributed by atoms with Crippen molar-refractivity contribution in [3.05, 3.63) is 52.0 Å². The topological polar surface area (TPSA) is 50.3 Å². The highest BCUT2D eigenvalue weighted by atomic mass is 32.1. The van der Waals surface area contributed by atoms with Crippen LogP contribution in [0.1, 0.15) is 37.9 Å². The number of alkyl halides is 3. The predicted molar refractivity (Wildman–Crippen MR) is 79.5 cm³/mol. The molecule has 2 aromatic heterocycles. The van der Waals surface area contributed by atoms with Crippen LogP contribution in [0.5, 0.6) is 0 Å². The van der Waals surface area contributed by atoms with Crippen LogP contribution in [0, 0.1) is 0 Å². The molecule has 0 saturated heterocycles. The van der Waals surface area contributed by atoms with Crippen molar-refractivity contribution < 1.29 is 22.8 Å². The van der Waals surface area contributed by atoms with Gasteiger partial charge in [0.1, 0.15) is 0 Å². The normalized spacial score (nSPS) is 12.7. The Balaban J connectivity index is 2.18. The van der Waals surface area contributed by atoms with E-state index in [1.54, 1.807) is 38.5 Å². The second-order valence-electron chi connectivity index (χ2n) is 4.86. The van der Waals surface area contributed by atoms with Gasteiger partial charge in [-0.15, -0.1) is 11.3 Å². The van der Waals surface area contributed by atoms with Crippen LogP contribution in [-0.4, -0.2) is 34.8 Å². The summed E-state index contributed by atoms with van der Waals surface area (Å²) in [5.74, 6) is -2.38. The summed E-state index contributed by atoms with van der Waals surface area (Å²) in [6.45, 7) is 1.79. The van der Waals surface area contributed by atoms with Crippen LogP contribution < -0.4 is 0 Å². The minimum absolute atomic E-state index is 0.0843. The van der Waals surface area contributed by atoms with Gasteiger partial charge < -0.3 is 4.90 Å². The van der Waals surface area contributed by atoms with E-state index in [1.165, 1.54) is 11.0 Å². The first-order valence-corrected chi connectivity index (χ1v) is 7.42. The zero-order chi connectivity index (χ0) is 17.2. The molecule has 2 aromatic rings. The lowest BCUT2D eigenvalue weighted by Gasteiger charge is -2.24. The van der Waals surface area contributed by atoms with Crippen LogP contribution in [0.2, 0.25) is 0 Å². The lowest BCUT2D eigenvalue weighted by molar-refractivity contribution is -0.0882. The third-order valence-corrected chi connectivity index (χ3v) is 4.46. The maximum absolute atomic E-state index is 12.4. The first-order chi connectivity index (χ1) is 10.7. The third kappa shape index (κ3) is 3.76. The van der Waals surface area contributed by atoms with Crippen molar-refractivity contribution in [2.45, 2.75) is 19.1 Å². The molecular weight excluding hydrogens is 329 g/mol. The first kappa shape index (κ1) is 17.1. The lowest BCUT2D eigenvalue weighted by atomic mass is 10.1. The quantitative estimate of drug-likeness (QED) is 0.796. The lowest BCUT2D eigenvalue weighted by Crippen LogP contribution is -2.29. The van der Waals surface area contributed by atoms with Gasteiger partial charge in [-0.05, 0) is 36.8 Å². The van der Waals surface area contributed by atoms with Crippen LogP contribution in [-0.2, 0) is 0 Å². The van der Waals surface area contributed by atoms with Crippen molar-refractivity contribution in [2.24, 2.45) is 0 Å². The van der Waals surface area contributed by atoms with Gasteiger partial charge in [0.05, 0.1) is 15.8 Å². The number of ketones is 1. The average Bonchev–Trinajstić information content (AvgIpc) is 3.01. The van der Waals surface area contributed by atoms with Gasteiger partial charge in [-0.1, -0.05) is 0 Å². The molecule has 1 unspecified atom stereocenters. The Kier molecular flexibility index (Phi) is 4.84. The van der Waals surface area contributed by atoms with Crippen molar-refractivity contribution in [3.8, 4) is 0 Å². The van der Waals surface area contributed by atoms with E-state index in [1.807, 2.05) is 0 Å². The molecule has 0 spiro atoms. The Labute approximate surface area is 134 Å². The Bertz CT molecular complexity index is 713. The Morgan fingerprint density at radius 1 is 1.13 bits per heavy atom. The number of rotatable bonds is 4. The minimum atomic E-state index is -4.94. The molecule has 0 aliphatic rings. The molecule has 2 rings (SSSR count). The standard InChI is InChI=1S/C15H13F3N2O2S/c1-9(10-5-7-19-8-6-10)20(2)14(22)12-4-3-11(23-12)13(21)15(16,17)18/h3-9H,1-2H3. The van der Waals surface area contributed by atoms with Crippen LogP contribution >= 0.6 is 11.3 Å². The molecule has 23 heavy (non-hydrogen) atoms. The molecule has 0 saturated carbocycles. The molecule has 0 aromatic carbocycles. The molecule has 0 N–H and O–H groups in total. The maximum atomic E-state index is 12.4. The second-order valence-corrected chi connectivity index (χ2v) is 5.95. The van der Waals surface area contributed by atoms with Crippen molar-refractivity contribution in [1.29, 1.82) is 0 Å². The Morgan fingerprint density at radius 2 is 1.70 bits per heavy atom. The molecule has 1 atom stereocenters. The monoisotopic (exact) mass is 342 g/mol. The summed E-state index contributed by atoms with van der Waals surface area (Å²) in [5.41, 5.74) is 0.846. The number of carbonyl (C=O) groups excluding carboxylic acids is 2. The van der Waals surface area contributed by atoms with Gasteiger partial charge in [-0.25, -0.2) is 0 Å². The summed E-state index contributed by atoms with van der Waals surface area (Å²) >= 11 is 0.544. The highest BCUT2D eigenvalue weighted by Crippen LogP contribution is 2.28. The van der Waals surface area contributed by atoms with E-state index in [0.717, 1.165) is 11.6 Å². The molecule has 0 radical (unpaired) electrons. The number of carbonyl (C=O) groups is 2. The van der Waals surface area contributed by atoms with E-state index in [2.05, 4.69) is 4.98 Å². The van der Waals surface area contributed by atoms with E-state index < -0.39 is 22.7 Å². The molecule has 1 amide bonds. The summed E-state index contributed by atoms with van der Waals surface area (Å²) in [7, 11) is 1.55. The van der Waals surface area contributed by atoms with Gasteiger partial charge in [0.2, 0.25) is 0 Å². The molecule has 8 heteroatoms. The maximum Gasteiger partial charge on any atom is 0.455 e. The fourth-order valence-electron chi connectivity index (χ4n) is 1.93. The number of pyridine rings is 1. The highest BCUT2D eigenvalue weighted by molar-refractivity contribution is 7.16. The number of aromatic nitrogens is 1. The van der Waals surface area contributed by atoms with Gasteiger partial charge >= 0.3 is 6.18 Å². The summed E-state index contributed by atoms with van der Waals surface area (Å²) in [4.78, 5) is 28.4. The van der Waals surface area contributed by atoms with E-state index in [-0.39, 0.29) is 10.9 Å². The SMILES string of the molecule is CC(c1ccncc1)N(C)C(=O)c1ccc(C(=O)C(F)(F)F)s1. The number of hydrogen-bond acceptors (Lipinski definition) is 4. The Morgan fingerprint density at radius 3 is 2.26 bits per heavy atom. The minimum Gasteiger partial charge on any atom is -0.334 e.